The Kier molecular flexibility index (Phi) is 13.7. The maximum Gasteiger partial charge on any atom is 0.407 e. The molecule has 1 aromatic carbocycles. The molecule has 1 amide bonds. The van der Waals surface area contributed by atoms with Crippen molar-refractivity contribution in [2.75, 3.05) is 25.5 Å². The Morgan fingerprint density at radius 2 is 1.91 bits per heavy atom. The van der Waals surface area contributed by atoms with E-state index >= 15 is 0 Å². The average molecular weight is 705 g/mol. The van der Waals surface area contributed by atoms with Crippen LogP contribution in [0, 0.1) is 5.41 Å². The second-order valence-corrected chi connectivity index (χ2v) is 15.4. The van der Waals surface area contributed by atoms with Crippen LogP contribution in [0.4, 0.5) is 4.79 Å². The smallest absolute Gasteiger partial charge is 0.407 e. The summed E-state index contributed by atoms with van der Waals surface area (Å²) in [7, 11) is -4.04. The number of nitrogens with one attached hydrogen (secondary N) is 3. The average Bonchev–Trinajstić information content (AvgIpc) is 3.20. The number of ether oxygens (including phenoxy) is 2. The standard InChI is InChI=1S/C29H42ClN4O10PS/c1-19(2)43-27(39)31-13-12-28(3,4)25(37)46-16-15-41-45(40,32-17-20-9-7-6-8-10-20)42-18-21-23(36)29(5,30)24(44-21)34-14-11-22(35)33-26(34)38/h6-11,14,19,21,23-24,36H,12-13,15-18H2,1-5H3,(H,31,39)(H,32,40)(H,33,35,38)/t21-,23-,24-,29-,45+/m1/s1. The Bertz CT molecular complexity index is 1490. The summed E-state index contributed by atoms with van der Waals surface area (Å²) in [5.74, 6) is 0.158. The molecule has 0 spiro atoms. The summed E-state index contributed by atoms with van der Waals surface area (Å²) in [5.41, 5.74) is -1.36. The molecule has 2 aromatic rings. The molecule has 256 valence electrons. The number of carbonyl (C=O) groups is 2. The summed E-state index contributed by atoms with van der Waals surface area (Å²) in [4.78, 5) is 49.1. The number of carbonyl (C=O) groups excluding carboxylic acids is 2. The van der Waals surface area contributed by atoms with Crippen molar-refractivity contribution in [1.29, 1.82) is 0 Å². The molecular formula is C29H42ClN4O10PS. The SMILES string of the molecule is CC(C)OC(=O)NCCC(C)(C)C(=O)SCCO[P@@](=O)(NCc1ccccc1)OC[C@H]1O[C@@H](n2ccc(=O)[nH]c2=O)[C@](C)(Cl)[C@@H]1O. The highest BCUT2D eigenvalue weighted by molar-refractivity contribution is 8.13. The van der Waals surface area contributed by atoms with Crippen molar-refractivity contribution in [3.05, 3.63) is 69.0 Å². The molecule has 17 heteroatoms. The van der Waals surface area contributed by atoms with Crippen LogP contribution < -0.4 is 21.7 Å². The van der Waals surface area contributed by atoms with Gasteiger partial charge in [0, 0.05) is 36.5 Å². The molecule has 0 saturated carbocycles. The molecule has 3 rings (SSSR count). The highest BCUT2D eigenvalue weighted by atomic mass is 35.5. The number of aliphatic hydroxyl groups is 1. The van der Waals surface area contributed by atoms with Gasteiger partial charge in [-0.15, -0.1) is 11.6 Å². The number of halogens is 1. The number of rotatable bonds is 16. The number of alkyl carbamates (subject to hydrolysis) is 1. The Morgan fingerprint density at radius 3 is 2.57 bits per heavy atom. The normalized spacial score (nSPS) is 22.8. The largest absolute Gasteiger partial charge is 0.447 e. The maximum atomic E-state index is 13.8. The van der Waals surface area contributed by atoms with Gasteiger partial charge in [-0.1, -0.05) is 55.9 Å². The van der Waals surface area contributed by atoms with Crippen molar-refractivity contribution in [3.63, 3.8) is 0 Å². The number of hydrogen-bond donors (Lipinski definition) is 4. The molecule has 14 nitrogen and oxygen atoms in total. The second kappa shape index (κ2) is 16.6. The number of thioether (sulfide) groups is 1. The third-order valence-electron chi connectivity index (χ3n) is 7.04. The molecule has 1 saturated heterocycles. The first-order valence-electron chi connectivity index (χ1n) is 14.7. The number of amides is 1. The number of hydrogen-bond acceptors (Lipinski definition) is 11. The monoisotopic (exact) mass is 704 g/mol. The van der Waals surface area contributed by atoms with Crippen molar-refractivity contribution >= 4 is 42.3 Å². The van der Waals surface area contributed by atoms with Gasteiger partial charge in [0.15, 0.2) is 11.3 Å². The lowest BCUT2D eigenvalue weighted by molar-refractivity contribution is -0.118. The highest BCUT2D eigenvalue weighted by Gasteiger charge is 2.54. The summed E-state index contributed by atoms with van der Waals surface area (Å²) in [6.45, 7) is 8.30. The predicted octanol–water partition coefficient (Wildman–Crippen LogP) is 3.53. The zero-order valence-electron chi connectivity index (χ0n) is 26.4. The molecule has 1 aromatic heterocycles. The van der Waals surface area contributed by atoms with E-state index in [-0.39, 0.29) is 36.7 Å². The molecule has 5 atom stereocenters. The second-order valence-electron chi connectivity index (χ2n) is 11.7. The summed E-state index contributed by atoms with van der Waals surface area (Å²) < 4.78 is 37.1. The van der Waals surface area contributed by atoms with Crippen molar-refractivity contribution in [2.45, 2.75) is 77.0 Å². The lowest BCUT2D eigenvalue weighted by Gasteiger charge is -2.26. The third kappa shape index (κ3) is 10.8. The van der Waals surface area contributed by atoms with Crippen LogP contribution in [-0.4, -0.2) is 74.6 Å². The third-order valence-corrected chi connectivity index (χ3v) is 10.2. The van der Waals surface area contributed by atoms with E-state index in [1.54, 1.807) is 27.7 Å². The first kappa shape index (κ1) is 38.0. The number of aliphatic hydroxyl groups excluding tert-OH is 1. The van der Waals surface area contributed by atoms with E-state index in [9.17, 15) is 28.8 Å². The van der Waals surface area contributed by atoms with Crippen LogP contribution in [0.3, 0.4) is 0 Å². The van der Waals surface area contributed by atoms with Gasteiger partial charge in [-0.2, -0.15) is 0 Å². The van der Waals surface area contributed by atoms with Crippen LogP contribution in [0.25, 0.3) is 0 Å². The minimum atomic E-state index is -4.04. The number of aromatic amines is 1. The first-order chi connectivity index (χ1) is 21.5. The van der Waals surface area contributed by atoms with Gasteiger partial charge in [-0.05, 0) is 32.8 Å². The van der Waals surface area contributed by atoms with Gasteiger partial charge in [0.05, 0.1) is 19.3 Å². The van der Waals surface area contributed by atoms with E-state index in [0.717, 1.165) is 28.0 Å². The molecule has 1 aliphatic heterocycles. The van der Waals surface area contributed by atoms with Crippen LogP contribution >= 0.6 is 31.1 Å². The summed E-state index contributed by atoms with van der Waals surface area (Å²) in [5, 5.41) is 16.2. The van der Waals surface area contributed by atoms with E-state index in [0.29, 0.717) is 6.42 Å². The van der Waals surface area contributed by atoms with Gasteiger partial charge in [0.25, 0.3) is 5.56 Å². The van der Waals surface area contributed by atoms with E-state index in [1.807, 2.05) is 30.3 Å². The van der Waals surface area contributed by atoms with Gasteiger partial charge in [0.2, 0.25) is 0 Å². The number of aromatic nitrogens is 2. The van der Waals surface area contributed by atoms with Crippen molar-refractivity contribution < 1.29 is 37.8 Å². The van der Waals surface area contributed by atoms with Crippen LogP contribution in [-0.2, 0) is 34.4 Å². The molecule has 1 fully saturated rings. The fourth-order valence-corrected chi connectivity index (χ4v) is 6.94. The van der Waals surface area contributed by atoms with Crippen LogP contribution in [0.2, 0.25) is 0 Å². The van der Waals surface area contributed by atoms with Crippen molar-refractivity contribution in [2.24, 2.45) is 5.41 Å². The quantitative estimate of drug-likeness (QED) is 0.113. The highest BCUT2D eigenvalue weighted by Crippen LogP contribution is 2.47. The fraction of sp³-hybridized carbons (Fsp3) is 0.586. The van der Waals surface area contributed by atoms with Gasteiger partial charge in [-0.3, -0.25) is 28.2 Å². The zero-order valence-corrected chi connectivity index (χ0v) is 28.9. The summed E-state index contributed by atoms with van der Waals surface area (Å²) in [6, 6.07) is 10.2. The molecule has 0 radical (unpaired) electrons. The number of nitrogens with zero attached hydrogens (tertiary/aromatic N) is 1. The number of H-pyrrole nitrogens is 1. The van der Waals surface area contributed by atoms with Crippen molar-refractivity contribution in [1.82, 2.24) is 20.0 Å². The van der Waals surface area contributed by atoms with Crippen molar-refractivity contribution in [3.8, 4) is 0 Å². The minimum Gasteiger partial charge on any atom is -0.447 e. The number of benzene rings is 1. The fourth-order valence-electron chi connectivity index (χ4n) is 4.37. The van der Waals surface area contributed by atoms with Crippen LogP contribution in [0.1, 0.15) is 52.8 Å². The predicted molar refractivity (Wildman–Crippen MR) is 174 cm³/mol. The molecule has 2 heterocycles. The molecule has 0 unspecified atom stereocenters. The minimum absolute atomic E-state index is 0.124. The van der Waals surface area contributed by atoms with Gasteiger partial charge in [0.1, 0.15) is 17.1 Å². The van der Waals surface area contributed by atoms with E-state index < -0.39 is 60.4 Å². The van der Waals surface area contributed by atoms with Gasteiger partial charge >= 0.3 is 19.5 Å². The van der Waals surface area contributed by atoms with Gasteiger partial charge in [-0.25, -0.2) is 19.2 Å². The molecule has 0 bridgehead atoms. The lowest BCUT2D eigenvalue weighted by atomic mass is 9.91. The molecule has 4 N–H and O–H groups in total. The Morgan fingerprint density at radius 1 is 1.22 bits per heavy atom. The zero-order chi connectivity index (χ0) is 34.1. The topological polar surface area (TPSA) is 187 Å². The molecule has 1 aliphatic rings. The Balaban J connectivity index is 1.60. The van der Waals surface area contributed by atoms with Crippen LogP contribution in [0.15, 0.2) is 52.2 Å². The number of alkyl halides is 1. The maximum absolute atomic E-state index is 13.8. The van der Waals surface area contributed by atoms with E-state index in [1.165, 1.54) is 13.1 Å². The van der Waals surface area contributed by atoms with E-state index in [2.05, 4.69) is 15.4 Å². The summed E-state index contributed by atoms with van der Waals surface area (Å²) >= 11 is 7.59. The van der Waals surface area contributed by atoms with Crippen LogP contribution in [0.5, 0.6) is 0 Å². The molecule has 46 heavy (non-hydrogen) atoms. The molecule has 0 aliphatic carbocycles. The van der Waals surface area contributed by atoms with E-state index in [4.69, 9.17) is 30.1 Å². The first-order valence-corrected chi connectivity index (χ1v) is 17.6. The Labute approximate surface area is 276 Å². The Hall–Kier alpha value is -2.49. The lowest BCUT2D eigenvalue weighted by Crippen LogP contribution is -2.43. The summed E-state index contributed by atoms with van der Waals surface area (Å²) in [6.07, 6.45) is -2.89. The van der Waals surface area contributed by atoms with Gasteiger partial charge < -0.3 is 19.9 Å². The molecular weight excluding hydrogens is 663 g/mol.